The molecule has 176 valence electrons. The molecule has 3 aromatic heterocycles. The van der Waals surface area contributed by atoms with Gasteiger partial charge in [0.25, 0.3) is 5.91 Å². The molecule has 1 aromatic carbocycles. The van der Waals surface area contributed by atoms with E-state index in [0.717, 1.165) is 12.8 Å². The van der Waals surface area contributed by atoms with Crippen molar-refractivity contribution in [2.24, 2.45) is 7.05 Å². The molecule has 7 nitrogen and oxygen atoms in total. The molecule has 0 unspecified atom stereocenters. The van der Waals surface area contributed by atoms with Crippen LogP contribution in [-0.2, 0) is 7.05 Å². The number of hydrogen-bond donors (Lipinski definition) is 2. The van der Waals surface area contributed by atoms with Gasteiger partial charge >= 0.3 is 0 Å². The van der Waals surface area contributed by atoms with Crippen molar-refractivity contribution < 1.29 is 18.7 Å². The maximum atomic E-state index is 15.0. The van der Waals surface area contributed by atoms with Crippen LogP contribution >= 0.6 is 11.6 Å². The second-order valence-electron chi connectivity index (χ2n) is 8.54. The molecular weight excluding hydrogens is 464 g/mol. The predicted molar refractivity (Wildman–Crippen MR) is 123 cm³/mol. The van der Waals surface area contributed by atoms with Gasteiger partial charge in [0.1, 0.15) is 22.3 Å². The number of carbonyl (C=O) groups is 1. The molecule has 0 radical (unpaired) electrons. The van der Waals surface area contributed by atoms with E-state index in [1.807, 2.05) is 0 Å². The van der Waals surface area contributed by atoms with E-state index in [9.17, 15) is 14.3 Å². The molecule has 0 bridgehead atoms. The summed E-state index contributed by atoms with van der Waals surface area (Å²) in [5.74, 6) is -1.60. The Kier molecular flexibility index (Phi) is 5.83. The Morgan fingerprint density at radius 1 is 1.18 bits per heavy atom. The number of aromatic nitrogens is 4. The fraction of sp³-hybridized carbons (Fsp3) is 0.292. The van der Waals surface area contributed by atoms with Crippen LogP contribution in [0.25, 0.3) is 28.0 Å². The monoisotopic (exact) mass is 485 g/mol. The van der Waals surface area contributed by atoms with Gasteiger partial charge in [-0.2, -0.15) is 4.39 Å². The summed E-state index contributed by atoms with van der Waals surface area (Å²) in [5, 5.41) is 16.5. The van der Waals surface area contributed by atoms with Crippen molar-refractivity contribution in [1.82, 2.24) is 24.5 Å². The number of aryl methyl sites for hydroxylation is 1. The van der Waals surface area contributed by atoms with Crippen LogP contribution in [0.4, 0.5) is 8.78 Å². The maximum Gasteiger partial charge on any atom is 0.251 e. The standard InChI is InChI=1S/C24H22ClF2N5O2/c1-31-12-17(23(27)30-31)16-3-2-4-18(26)20(16)21-22(25)32-10-9-13(11-19(32)29-21)24(34)28-14-5-7-15(33)8-6-14/h2-4,9-12,14-15,33H,5-8H2,1H3,(H,28,34). The lowest BCUT2D eigenvalue weighted by Crippen LogP contribution is -2.38. The summed E-state index contributed by atoms with van der Waals surface area (Å²) in [4.78, 5) is 17.3. The van der Waals surface area contributed by atoms with Crippen molar-refractivity contribution in [3.8, 4) is 22.4 Å². The van der Waals surface area contributed by atoms with Crippen LogP contribution in [0.5, 0.6) is 0 Å². The van der Waals surface area contributed by atoms with Crippen molar-refractivity contribution in [1.29, 1.82) is 0 Å². The van der Waals surface area contributed by atoms with Crippen LogP contribution in [0.1, 0.15) is 36.0 Å². The zero-order chi connectivity index (χ0) is 24.0. The van der Waals surface area contributed by atoms with Gasteiger partial charge in [0, 0.05) is 42.2 Å². The molecule has 5 rings (SSSR count). The summed E-state index contributed by atoms with van der Waals surface area (Å²) in [7, 11) is 1.57. The first-order valence-corrected chi connectivity index (χ1v) is 11.3. The van der Waals surface area contributed by atoms with Gasteiger partial charge in [0.2, 0.25) is 5.95 Å². The SMILES string of the molecule is Cn1cc(-c2cccc(F)c2-c2nc3cc(C(=O)NC4CCC(O)CC4)ccn3c2Cl)c(F)n1. The quantitative estimate of drug-likeness (QED) is 0.449. The van der Waals surface area contributed by atoms with Gasteiger partial charge in [-0.1, -0.05) is 23.7 Å². The Morgan fingerprint density at radius 2 is 1.94 bits per heavy atom. The van der Waals surface area contributed by atoms with E-state index >= 15 is 4.39 Å². The third-order valence-corrected chi connectivity index (χ3v) is 6.55. The highest BCUT2D eigenvalue weighted by Crippen LogP contribution is 2.38. The molecule has 0 spiro atoms. The Hall–Kier alpha value is -3.30. The number of carbonyl (C=O) groups excluding carboxylic acids is 1. The zero-order valence-electron chi connectivity index (χ0n) is 18.3. The zero-order valence-corrected chi connectivity index (χ0v) is 19.1. The van der Waals surface area contributed by atoms with E-state index in [-0.39, 0.29) is 45.6 Å². The number of aliphatic hydroxyl groups excluding tert-OH is 1. The molecule has 1 aliphatic rings. The number of aliphatic hydroxyl groups is 1. The van der Waals surface area contributed by atoms with Gasteiger partial charge in [-0.25, -0.2) is 9.37 Å². The molecule has 1 aliphatic carbocycles. The third-order valence-electron chi connectivity index (χ3n) is 6.19. The topological polar surface area (TPSA) is 84.5 Å². The Morgan fingerprint density at radius 3 is 2.65 bits per heavy atom. The lowest BCUT2D eigenvalue weighted by atomic mass is 9.93. The lowest BCUT2D eigenvalue weighted by molar-refractivity contribution is 0.0867. The Labute approximate surface area is 199 Å². The molecule has 0 atom stereocenters. The number of rotatable bonds is 4. The average Bonchev–Trinajstić information content (AvgIpc) is 3.32. The van der Waals surface area contributed by atoms with Gasteiger partial charge in [-0.3, -0.25) is 13.9 Å². The van der Waals surface area contributed by atoms with E-state index < -0.39 is 11.8 Å². The van der Waals surface area contributed by atoms with Crippen molar-refractivity contribution in [3.63, 3.8) is 0 Å². The summed E-state index contributed by atoms with van der Waals surface area (Å²) in [6.45, 7) is 0. The minimum Gasteiger partial charge on any atom is -0.393 e. The smallest absolute Gasteiger partial charge is 0.251 e. The second-order valence-corrected chi connectivity index (χ2v) is 8.90. The van der Waals surface area contributed by atoms with E-state index in [0.29, 0.717) is 24.1 Å². The van der Waals surface area contributed by atoms with Crippen LogP contribution in [0.2, 0.25) is 5.15 Å². The summed E-state index contributed by atoms with van der Waals surface area (Å²) >= 11 is 6.56. The molecule has 2 N–H and O–H groups in total. The summed E-state index contributed by atoms with van der Waals surface area (Å²) < 4.78 is 32.3. The Bertz CT molecular complexity index is 1390. The minimum atomic E-state index is -0.733. The van der Waals surface area contributed by atoms with Crippen LogP contribution in [-0.4, -0.2) is 42.3 Å². The molecular formula is C24H22ClF2N5O2. The first-order chi connectivity index (χ1) is 16.3. The molecule has 1 fully saturated rings. The van der Waals surface area contributed by atoms with E-state index in [1.165, 1.54) is 23.0 Å². The van der Waals surface area contributed by atoms with Crippen LogP contribution < -0.4 is 5.32 Å². The van der Waals surface area contributed by atoms with Crippen LogP contribution in [0.15, 0.2) is 42.7 Å². The molecule has 4 aromatic rings. The third kappa shape index (κ3) is 4.05. The second kappa shape index (κ2) is 8.81. The normalized spacial score (nSPS) is 18.4. The number of amides is 1. The number of benzene rings is 1. The largest absolute Gasteiger partial charge is 0.393 e. The molecule has 0 saturated heterocycles. The molecule has 1 amide bonds. The van der Waals surface area contributed by atoms with E-state index in [2.05, 4.69) is 15.4 Å². The highest BCUT2D eigenvalue weighted by molar-refractivity contribution is 6.32. The number of nitrogens with zero attached hydrogens (tertiary/aromatic N) is 4. The first kappa shape index (κ1) is 22.5. The fourth-order valence-corrected chi connectivity index (χ4v) is 4.71. The Balaban J connectivity index is 1.52. The number of halogens is 3. The van der Waals surface area contributed by atoms with Gasteiger partial charge in [0.15, 0.2) is 0 Å². The molecule has 1 saturated carbocycles. The summed E-state index contributed by atoms with van der Waals surface area (Å²) in [6.07, 6.45) is 5.50. The summed E-state index contributed by atoms with van der Waals surface area (Å²) in [5.41, 5.74) is 1.33. The number of pyridine rings is 1. The summed E-state index contributed by atoms with van der Waals surface area (Å²) in [6, 6.07) is 7.51. The van der Waals surface area contributed by atoms with E-state index in [1.54, 1.807) is 35.8 Å². The van der Waals surface area contributed by atoms with Crippen LogP contribution in [0.3, 0.4) is 0 Å². The highest BCUT2D eigenvalue weighted by atomic mass is 35.5. The highest BCUT2D eigenvalue weighted by Gasteiger charge is 2.24. The molecule has 34 heavy (non-hydrogen) atoms. The number of nitrogens with one attached hydrogen (secondary N) is 1. The van der Waals surface area contributed by atoms with Gasteiger partial charge < -0.3 is 10.4 Å². The predicted octanol–water partition coefficient (Wildman–Crippen LogP) is 4.37. The first-order valence-electron chi connectivity index (χ1n) is 11.0. The maximum absolute atomic E-state index is 15.0. The fourth-order valence-electron chi connectivity index (χ4n) is 4.44. The average molecular weight is 486 g/mol. The van der Waals surface area contributed by atoms with Crippen molar-refractivity contribution in [2.75, 3.05) is 0 Å². The van der Waals surface area contributed by atoms with Crippen molar-refractivity contribution >= 4 is 23.2 Å². The molecule has 0 aliphatic heterocycles. The van der Waals surface area contributed by atoms with E-state index in [4.69, 9.17) is 11.6 Å². The van der Waals surface area contributed by atoms with Gasteiger partial charge in [-0.15, -0.1) is 5.10 Å². The number of imidazole rings is 1. The minimum absolute atomic E-state index is 0.00127. The molecule has 3 heterocycles. The van der Waals surface area contributed by atoms with Crippen molar-refractivity contribution in [2.45, 2.75) is 37.8 Å². The van der Waals surface area contributed by atoms with Gasteiger partial charge in [-0.05, 0) is 43.9 Å². The number of hydrogen-bond acceptors (Lipinski definition) is 4. The van der Waals surface area contributed by atoms with Gasteiger partial charge in [0.05, 0.1) is 11.7 Å². The number of fused-ring (bicyclic) bond motifs is 1. The van der Waals surface area contributed by atoms with Crippen LogP contribution in [0, 0.1) is 11.8 Å². The molecule has 10 heteroatoms. The lowest BCUT2D eigenvalue weighted by Gasteiger charge is -2.26. The van der Waals surface area contributed by atoms with Crippen molar-refractivity contribution in [3.05, 3.63) is 65.2 Å².